The quantitative estimate of drug-likeness (QED) is 0.209. The lowest BCUT2D eigenvalue weighted by atomic mass is 9.97. The number of Topliss-reactive ketones (excluding diaryl/α,β-unsaturated/α-hetero) is 2. The number of amidine groups is 1. The summed E-state index contributed by atoms with van der Waals surface area (Å²) in [6.07, 6.45) is -4.27. The maximum Gasteiger partial charge on any atom is 0.417 e. The third-order valence-corrected chi connectivity index (χ3v) is 4.88. The average molecular weight is 479 g/mol. The molecule has 0 aliphatic heterocycles. The lowest BCUT2D eigenvalue weighted by molar-refractivity contribution is -0.137. The number of carbonyl (C=O) groups excluding carboxylic acids is 2. The molecule has 0 aliphatic carbocycles. The molecule has 0 unspecified atom stereocenters. The first-order valence-electron chi connectivity index (χ1n) is 10.3. The predicted octanol–water partition coefficient (Wildman–Crippen LogP) is 4.45. The third kappa shape index (κ3) is 6.77. The zero-order chi connectivity index (χ0) is 25.8. The molecule has 0 atom stereocenters. The Hall–Kier alpha value is -4.45. The van der Waals surface area contributed by atoms with Gasteiger partial charge in [0.15, 0.2) is 11.6 Å². The van der Waals surface area contributed by atoms with Gasteiger partial charge in [-0.2, -0.15) is 13.2 Å². The Morgan fingerprint density at radius 2 is 1.74 bits per heavy atom. The van der Waals surface area contributed by atoms with Gasteiger partial charge in [0.1, 0.15) is 5.75 Å². The molecular weight excluding hydrogens is 459 g/mol. The summed E-state index contributed by atoms with van der Waals surface area (Å²) < 4.78 is 40.6. The van der Waals surface area contributed by atoms with E-state index in [1.54, 1.807) is 19.1 Å². The van der Waals surface area contributed by atoms with Crippen molar-refractivity contribution in [2.75, 3.05) is 0 Å². The molecule has 0 fully saturated rings. The van der Waals surface area contributed by atoms with Crippen LogP contribution in [0.3, 0.4) is 0 Å². The first-order chi connectivity index (χ1) is 16.4. The molecule has 4 N–H and O–H groups in total. The number of benzene rings is 2. The second kappa shape index (κ2) is 10.2. The molecule has 9 heteroatoms. The molecule has 35 heavy (non-hydrogen) atoms. The number of rotatable bonds is 6. The number of nitrogens with zero attached hydrogens (tertiary/aromatic N) is 1. The van der Waals surface area contributed by atoms with Gasteiger partial charge < -0.3 is 10.8 Å². The second-order valence-corrected chi connectivity index (χ2v) is 7.83. The molecule has 0 spiro atoms. The van der Waals surface area contributed by atoms with Crippen molar-refractivity contribution < 1.29 is 27.9 Å². The van der Waals surface area contributed by atoms with Crippen LogP contribution in [0.5, 0.6) is 5.75 Å². The van der Waals surface area contributed by atoms with Gasteiger partial charge in [-0.1, -0.05) is 11.8 Å². The molecule has 0 aliphatic rings. The number of aryl methyl sites for hydroxylation is 1. The zero-order valence-corrected chi connectivity index (χ0v) is 18.5. The van der Waals surface area contributed by atoms with E-state index in [9.17, 15) is 27.9 Å². The lowest BCUT2D eigenvalue weighted by Gasteiger charge is -2.12. The number of hydrogen-bond acceptors (Lipinski definition) is 5. The van der Waals surface area contributed by atoms with Gasteiger partial charge in [0, 0.05) is 27.9 Å². The van der Waals surface area contributed by atoms with Gasteiger partial charge in [-0.3, -0.25) is 20.0 Å². The number of halogens is 3. The molecular formula is C26H20F3N3O3. The maximum atomic E-state index is 13.5. The number of ketones is 2. The van der Waals surface area contributed by atoms with Crippen LogP contribution < -0.4 is 5.73 Å². The minimum absolute atomic E-state index is 0.128. The first-order valence-corrected chi connectivity index (χ1v) is 10.3. The second-order valence-electron chi connectivity index (χ2n) is 7.83. The molecule has 6 nitrogen and oxygen atoms in total. The van der Waals surface area contributed by atoms with E-state index in [0.29, 0.717) is 11.1 Å². The predicted molar refractivity (Wildman–Crippen MR) is 123 cm³/mol. The molecule has 0 saturated carbocycles. The largest absolute Gasteiger partial charge is 0.506 e. The molecule has 0 amide bonds. The molecule has 1 aromatic heterocycles. The standard InChI is InChI=1S/C26H20F3N3O3/c1-15-8-17(10-18(9-15)23(34)13-25(30)31)3-2-16-4-7-22(26(27,28)29)21(11-16)24(35)12-19-5-6-20(33)14-32-19/h4-11,14,33H,12-13H2,1H3,(H3,30,31). The summed E-state index contributed by atoms with van der Waals surface area (Å²) >= 11 is 0. The van der Waals surface area contributed by atoms with E-state index in [1.807, 2.05) is 0 Å². The molecule has 0 radical (unpaired) electrons. The number of hydrogen-bond donors (Lipinski definition) is 3. The fourth-order valence-corrected chi connectivity index (χ4v) is 3.32. The van der Waals surface area contributed by atoms with Gasteiger partial charge in [0.25, 0.3) is 0 Å². The van der Waals surface area contributed by atoms with Crippen molar-refractivity contribution >= 4 is 17.4 Å². The number of nitrogens with one attached hydrogen (secondary N) is 1. The zero-order valence-electron chi connectivity index (χ0n) is 18.5. The highest BCUT2D eigenvalue weighted by Gasteiger charge is 2.35. The number of pyridine rings is 1. The number of aromatic nitrogens is 1. The van der Waals surface area contributed by atoms with Crippen molar-refractivity contribution in [2.24, 2.45) is 5.73 Å². The summed E-state index contributed by atoms with van der Waals surface area (Å²) in [5, 5.41) is 16.6. The molecule has 3 rings (SSSR count). The van der Waals surface area contributed by atoms with Gasteiger partial charge in [-0.05, 0) is 61.0 Å². The summed E-state index contributed by atoms with van der Waals surface area (Å²) in [6.45, 7) is 1.75. The van der Waals surface area contributed by atoms with Crippen molar-refractivity contribution in [3.05, 3.63) is 93.8 Å². The summed E-state index contributed by atoms with van der Waals surface area (Å²) in [7, 11) is 0. The van der Waals surface area contributed by atoms with Crippen molar-refractivity contribution in [1.82, 2.24) is 4.98 Å². The Morgan fingerprint density at radius 1 is 1.03 bits per heavy atom. The van der Waals surface area contributed by atoms with Crippen LogP contribution in [0.4, 0.5) is 13.2 Å². The number of alkyl halides is 3. The van der Waals surface area contributed by atoms with Gasteiger partial charge in [0.05, 0.1) is 30.4 Å². The van der Waals surface area contributed by atoms with Crippen LogP contribution in [0.2, 0.25) is 0 Å². The Bertz CT molecular complexity index is 1370. The van der Waals surface area contributed by atoms with Crippen LogP contribution in [0.1, 0.15) is 55.1 Å². The summed E-state index contributed by atoms with van der Waals surface area (Å²) in [6, 6.07) is 10.5. The van der Waals surface area contributed by atoms with E-state index in [0.717, 1.165) is 23.9 Å². The van der Waals surface area contributed by atoms with E-state index in [1.165, 1.54) is 24.3 Å². The maximum absolute atomic E-state index is 13.5. The van der Waals surface area contributed by atoms with Crippen molar-refractivity contribution in [3.63, 3.8) is 0 Å². The fraction of sp³-hybridized carbons (Fsp3) is 0.154. The van der Waals surface area contributed by atoms with Gasteiger partial charge in [0.2, 0.25) is 0 Å². The van der Waals surface area contributed by atoms with Gasteiger partial charge >= 0.3 is 6.18 Å². The van der Waals surface area contributed by atoms with E-state index >= 15 is 0 Å². The molecule has 2 aromatic carbocycles. The van der Waals surface area contributed by atoms with E-state index in [2.05, 4.69) is 16.8 Å². The summed E-state index contributed by atoms with van der Waals surface area (Å²) in [5.74, 6) is 4.01. The Morgan fingerprint density at radius 3 is 2.37 bits per heavy atom. The highest BCUT2D eigenvalue weighted by molar-refractivity contribution is 6.08. The molecule has 1 heterocycles. The smallest absolute Gasteiger partial charge is 0.417 e. The highest BCUT2D eigenvalue weighted by Crippen LogP contribution is 2.33. The van der Waals surface area contributed by atoms with Crippen molar-refractivity contribution in [3.8, 4) is 17.6 Å². The van der Waals surface area contributed by atoms with E-state index < -0.39 is 23.1 Å². The lowest BCUT2D eigenvalue weighted by Crippen LogP contribution is -2.15. The number of nitrogens with two attached hydrogens (primary N) is 1. The molecule has 0 saturated heterocycles. The summed E-state index contributed by atoms with van der Waals surface area (Å²) in [5.41, 5.74) is 5.54. The minimum atomic E-state index is -4.75. The van der Waals surface area contributed by atoms with Gasteiger partial charge in [-0.15, -0.1) is 0 Å². The Labute approximate surface area is 199 Å². The molecule has 178 valence electrons. The van der Waals surface area contributed by atoms with Crippen LogP contribution in [-0.4, -0.2) is 27.5 Å². The number of carbonyl (C=O) groups is 2. The van der Waals surface area contributed by atoms with Crippen LogP contribution >= 0.6 is 0 Å². The van der Waals surface area contributed by atoms with Gasteiger partial charge in [-0.25, -0.2) is 0 Å². The van der Waals surface area contributed by atoms with Crippen LogP contribution in [-0.2, 0) is 12.6 Å². The minimum Gasteiger partial charge on any atom is -0.506 e. The normalized spacial score (nSPS) is 10.9. The topological polar surface area (TPSA) is 117 Å². The Balaban J connectivity index is 1.96. The van der Waals surface area contributed by atoms with E-state index in [-0.39, 0.29) is 41.5 Å². The molecule has 3 aromatic rings. The van der Waals surface area contributed by atoms with Crippen LogP contribution in [0.15, 0.2) is 54.7 Å². The van der Waals surface area contributed by atoms with Crippen LogP contribution in [0.25, 0.3) is 0 Å². The fourth-order valence-electron chi connectivity index (χ4n) is 3.32. The average Bonchev–Trinajstić information content (AvgIpc) is 2.77. The monoisotopic (exact) mass is 479 g/mol. The molecule has 0 bridgehead atoms. The van der Waals surface area contributed by atoms with Crippen molar-refractivity contribution in [1.29, 1.82) is 5.41 Å². The Kier molecular flexibility index (Phi) is 7.35. The SMILES string of the molecule is Cc1cc(C#Cc2ccc(C(F)(F)F)c(C(=O)Cc3ccc(O)cn3)c2)cc(C(=O)CC(=N)N)c1. The van der Waals surface area contributed by atoms with Crippen molar-refractivity contribution in [2.45, 2.75) is 25.9 Å². The van der Waals surface area contributed by atoms with E-state index in [4.69, 9.17) is 11.1 Å². The van der Waals surface area contributed by atoms with Crippen LogP contribution in [0, 0.1) is 24.2 Å². The summed E-state index contributed by atoms with van der Waals surface area (Å²) in [4.78, 5) is 28.8. The third-order valence-electron chi connectivity index (χ3n) is 4.88. The number of aromatic hydroxyl groups is 1. The first kappa shape index (κ1) is 25.2. The highest BCUT2D eigenvalue weighted by atomic mass is 19.4.